The van der Waals surface area contributed by atoms with Crippen LogP contribution in [0.2, 0.25) is 0 Å². The summed E-state index contributed by atoms with van der Waals surface area (Å²) in [6, 6.07) is 1.15. The van der Waals surface area contributed by atoms with Crippen molar-refractivity contribution < 1.29 is 0 Å². The zero-order valence-corrected chi connectivity index (χ0v) is 9.01. The fourth-order valence-corrected chi connectivity index (χ4v) is 2.33. The fourth-order valence-electron chi connectivity index (χ4n) is 2.33. The molecule has 0 aliphatic heterocycles. The van der Waals surface area contributed by atoms with Crippen LogP contribution in [0.5, 0.6) is 0 Å². The van der Waals surface area contributed by atoms with Gasteiger partial charge in [-0.25, -0.2) is 0 Å². The second-order valence-corrected chi connectivity index (χ2v) is 4.32. The highest BCUT2D eigenvalue weighted by Gasteiger charge is 2.18. The van der Waals surface area contributed by atoms with Crippen molar-refractivity contribution in [2.45, 2.75) is 51.6 Å². The molecule has 1 saturated carbocycles. The molecular weight excluding hydrogens is 174 g/mol. The largest absolute Gasteiger partial charge is 0.307 e. The first-order valence-electron chi connectivity index (χ1n) is 5.53. The molecule has 1 fully saturated rings. The number of aromatic amines is 1. The van der Waals surface area contributed by atoms with E-state index in [0.29, 0.717) is 6.04 Å². The SMILES string of the molecule is Cc1[nH]ncc1C(C)NC1CCCC1. The number of hydrogen-bond donors (Lipinski definition) is 2. The van der Waals surface area contributed by atoms with E-state index in [1.54, 1.807) is 0 Å². The molecule has 1 unspecified atom stereocenters. The van der Waals surface area contributed by atoms with Crippen LogP contribution in [0.15, 0.2) is 6.20 Å². The fraction of sp³-hybridized carbons (Fsp3) is 0.727. The van der Waals surface area contributed by atoms with Gasteiger partial charge in [0.15, 0.2) is 0 Å². The van der Waals surface area contributed by atoms with Crippen molar-refractivity contribution in [1.29, 1.82) is 0 Å². The van der Waals surface area contributed by atoms with Crippen LogP contribution in [0.4, 0.5) is 0 Å². The lowest BCUT2D eigenvalue weighted by Gasteiger charge is -2.18. The summed E-state index contributed by atoms with van der Waals surface area (Å²) >= 11 is 0. The van der Waals surface area contributed by atoms with Crippen LogP contribution in [-0.4, -0.2) is 16.2 Å². The average Bonchev–Trinajstić information content (AvgIpc) is 2.75. The number of hydrogen-bond acceptors (Lipinski definition) is 2. The van der Waals surface area contributed by atoms with Crippen molar-refractivity contribution in [2.75, 3.05) is 0 Å². The molecule has 0 radical (unpaired) electrons. The second kappa shape index (κ2) is 4.13. The number of H-pyrrole nitrogens is 1. The molecule has 0 amide bonds. The van der Waals surface area contributed by atoms with E-state index >= 15 is 0 Å². The summed E-state index contributed by atoms with van der Waals surface area (Å²) in [5.74, 6) is 0. The lowest BCUT2D eigenvalue weighted by molar-refractivity contribution is 0.460. The van der Waals surface area contributed by atoms with Crippen LogP contribution >= 0.6 is 0 Å². The van der Waals surface area contributed by atoms with Gasteiger partial charge in [0.1, 0.15) is 0 Å². The Labute approximate surface area is 85.3 Å². The standard InChI is InChI=1S/C11H19N3/c1-8(11-7-12-14-9(11)2)13-10-5-3-4-6-10/h7-8,10,13H,3-6H2,1-2H3,(H,12,14). The van der Waals surface area contributed by atoms with E-state index in [0.717, 1.165) is 6.04 Å². The van der Waals surface area contributed by atoms with E-state index in [-0.39, 0.29) is 0 Å². The number of rotatable bonds is 3. The van der Waals surface area contributed by atoms with Crippen LogP contribution < -0.4 is 5.32 Å². The quantitative estimate of drug-likeness (QED) is 0.773. The van der Waals surface area contributed by atoms with E-state index in [2.05, 4.69) is 29.4 Å². The van der Waals surface area contributed by atoms with Gasteiger partial charge < -0.3 is 5.32 Å². The number of aryl methyl sites for hydroxylation is 1. The highest BCUT2D eigenvalue weighted by molar-refractivity contribution is 5.18. The van der Waals surface area contributed by atoms with Gasteiger partial charge in [0.25, 0.3) is 0 Å². The second-order valence-electron chi connectivity index (χ2n) is 4.32. The Hall–Kier alpha value is -0.830. The summed E-state index contributed by atoms with van der Waals surface area (Å²) in [4.78, 5) is 0. The Morgan fingerprint density at radius 3 is 2.79 bits per heavy atom. The summed E-state index contributed by atoms with van der Waals surface area (Å²) in [5, 5.41) is 10.7. The topological polar surface area (TPSA) is 40.7 Å². The molecule has 0 aromatic carbocycles. The van der Waals surface area contributed by atoms with E-state index in [1.165, 1.54) is 36.9 Å². The Bertz CT molecular complexity index is 286. The molecule has 2 N–H and O–H groups in total. The van der Waals surface area contributed by atoms with Crippen molar-refractivity contribution >= 4 is 0 Å². The number of nitrogens with zero attached hydrogens (tertiary/aromatic N) is 1. The molecule has 1 aromatic rings. The van der Waals surface area contributed by atoms with Gasteiger partial charge in [-0.15, -0.1) is 0 Å². The molecule has 1 aliphatic rings. The molecule has 3 nitrogen and oxygen atoms in total. The maximum Gasteiger partial charge on any atom is 0.0537 e. The lowest BCUT2D eigenvalue weighted by Crippen LogP contribution is -2.29. The monoisotopic (exact) mass is 193 g/mol. The highest BCUT2D eigenvalue weighted by atomic mass is 15.1. The molecule has 2 rings (SSSR count). The molecule has 1 heterocycles. The zero-order valence-electron chi connectivity index (χ0n) is 9.01. The summed E-state index contributed by atoms with van der Waals surface area (Å²) in [5.41, 5.74) is 2.49. The number of aromatic nitrogens is 2. The van der Waals surface area contributed by atoms with Gasteiger partial charge >= 0.3 is 0 Å². The summed E-state index contributed by atoms with van der Waals surface area (Å²) in [6.45, 7) is 4.30. The van der Waals surface area contributed by atoms with E-state index in [9.17, 15) is 0 Å². The minimum absolute atomic E-state index is 0.428. The Morgan fingerprint density at radius 1 is 1.50 bits per heavy atom. The van der Waals surface area contributed by atoms with Crippen LogP contribution in [0.3, 0.4) is 0 Å². The molecule has 0 bridgehead atoms. The van der Waals surface area contributed by atoms with Gasteiger partial charge in [0.05, 0.1) is 6.20 Å². The van der Waals surface area contributed by atoms with Crippen LogP contribution in [0, 0.1) is 6.92 Å². The summed E-state index contributed by atoms with van der Waals surface area (Å²) in [6.07, 6.45) is 7.37. The van der Waals surface area contributed by atoms with Crippen LogP contribution in [0.25, 0.3) is 0 Å². The van der Waals surface area contributed by atoms with Crippen molar-refractivity contribution in [3.05, 3.63) is 17.5 Å². The van der Waals surface area contributed by atoms with Crippen molar-refractivity contribution in [1.82, 2.24) is 15.5 Å². The van der Waals surface area contributed by atoms with Gasteiger partial charge in [-0.2, -0.15) is 5.10 Å². The Morgan fingerprint density at radius 2 is 2.21 bits per heavy atom. The first kappa shape index (κ1) is 9.71. The van der Waals surface area contributed by atoms with Crippen LogP contribution in [0.1, 0.15) is 49.9 Å². The minimum atomic E-state index is 0.428. The smallest absolute Gasteiger partial charge is 0.0537 e. The molecule has 78 valence electrons. The van der Waals surface area contributed by atoms with Gasteiger partial charge in [-0.3, -0.25) is 5.10 Å². The molecule has 14 heavy (non-hydrogen) atoms. The van der Waals surface area contributed by atoms with Crippen molar-refractivity contribution in [3.63, 3.8) is 0 Å². The maximum atomic E-state index is 4.05. The molecule has 1 aliphatic carbocycles. The predicted octanol–water partition coefficient (Wildman–Crippen LogP) is 2.31. The highest BCUT2D eigenvalue weighted by Crippen LogP contribution is 2.22. The minimum Gasteiger partial charge on any atom is -0.307 e. The van der Waals surface area contributed by atoms with E-state index in [1.807, 2.05) is 6.20 Å². The predicted molar refractivity (Wildman–Crippen MR) is 57.1 cm³/mol. The first-order valence-corrected chi connectivity index (χ1v) is 5.53. The molecule has 0 saturated heterocycles. The average molecular weight is 193 g/mol. The maximum absolute atomic E-state index is 4.05. The summed E-state index contributed by atoms with van der Waals surface area (Å²) in [7, 11) is 0. The third-order valence-corrected chi connectivity index (χ3v) is 3.18. The Balaban J connectivity index is 1.95. The molecule has 3 heteroatoms. The molecular formula is C11H19N3. The van der Waals surface area contributed by atoms with Gasteiger partial charge in [0.2, 0.25) is 0 Å². The van der Waals surface area contributed by atoms with Crippen molar-refractivity contribution in [2.24, 2.45) is 0 Å². The van der Waals surface area contributed by atoms with E-state index < -0.39 is 0 Å². The van der Waals surface area contributed by atoms with Gasteiger partial charge in [0, 0.05) is 23.3 Å². The number of nitrogens with one attached hydrogen (secondary N) is 2. The molecule has 1 aromatic heterocycles. The van der Waals surface area contributed by atoms with Gasteiger partial charge in [-0.1, -0.05) is 12.8 Å². The normalized spacial score (nSPS) is 20.1. The van der Waals surface area contributed by atoms with Gasteiger partial charge in [-0.05, 0) is 26.7 Å². The third kappa shape index (κ3) is 1.98. The first-order chi connectivity index (χ1) is 6.77. The Kier molecular flexibility index (Phi) is 2.87. The zero-order chi connectivity index (χ0) is 9.97. The third-order valence-electron chi connectivity index (χ3n) is 3.18. The summed E-state index contributed by atoms with van der Waals surface area (Å²) < 4.78 is 0. The van der Waals surface area contributed by atoms with E-state index in [4.69, 9.17) is 0 Å². The molecule has 1 atom stereocenters. The van der Waals surface area contributed by atoms with Crippen LogP contribution in [-0.2, 0) is 0 Å². The lowest BCUT2D eigenvalue weighted by atomic mass is 10.1. The molecule has 0 spiro atoms. The van der Waals surface area contributed by atoms with Crippen molar-refractivity contribution in [3.8, 4) is 0 Å².